The van der Waals surface area contributed by atoms with Crippen LogP contribution in [0, 0.1) is 17.0 Å². The molecule has 0 spiro atoms. The van der Waals surface area contributed by atoms with Gasteiger partial charge in [0.25, 0.3) is 5.69 Å². The van der Waals surface area contributed by atoms with Crippen molar-refractivity contribution in [2.45, 2.75) is 50.0 Å². The minimum atomic E-state index is -3.70. The van der Waals surface area contributed by atoms with Gasteiger partial charge < -0.3 is 0 Å². The molecule has 1 N–H and O–H groups in total. The second-order valence-corrected chi connectivity index (χ2v) is 6.80. The Kier molecular flexibility index (Phi) is 4.39. The third-order valence-electron chi connectivity index (χ3n) is 3.67. The first kappa shape index (κ1) is 14.9. The molecule has 6 nitrogen and oxygen atoms in total. The van der Waals surface area contributed by atoms with Crippen LogP contribution >= 0.6 is 0 Å². The van der Waals surface area contributed by atoms with Crippen molar-refractivity contribution in [3.05, 3.63) is 33.9 Å². The van der Waals surface area contributed by atoms with E-state index in [1.54, 1.807) is 0 Å². The Hall–Kier alpha value is -1.47. The van der Waals surface area contributed by atoms with E-state index in [0.29, 0.717) is 0 Å². The molecule has 1 aromatic rings. The van der Waals surface area contributed by atoms with Crippen LogP contribution in [0.1, 0.15) is 37.7 Å². The first-order valence-corrected chi connectivity index (χ1v) is 8.16. The summed E-state index contributed by atoms with van der Waals surface area (Å²) < 4.78 is 27.4. The highest BCUT2D eigenvalue weighted by molar-refractivity contribution is 7.89. The van der Waals surface area contributed by atoms with E-state index in [9.17, 15) is 18.5 Å². The van der Waals surface area contributed by atoms with Crippen molar-refractivity contribution in [2.24, 2.45) is 0 Å². The lowest BCUT2D eigenvalue weighted by Crippen LogP contribution is -2.36. The Bertz CT molecular complexity index is 607. The second kappa shape index (κ2) is 5.88. The highest BCUT2D eigenvalue weighted by Gasteiger charge is 2.26. The number of benzene rings is 1. The number of hydrogen-bond donors (Lipinski definition) is 1. The number of sulfonamides is 1. The summed E-state index contributed by atoms with van der Waals surface area (Å²) in [6, 6.07) is 4.07. The molecule has 0 bridgehead atoms. The normalized spacial score (nSPS) is 17.1. The maximum atomic E-state index is 12.4. The van der Waals surface area contributed by atoms with Gasteiger partial charge in [-0.1, -0.05) is 25.3 Å². The minimum Gasteiger partial charge on any atom is -0.258 e. The lowest BCUT2D eigenvalue weighted by Gasteiger charge is -2.22. The van der Waals surface area contributed by atoms with Crippen LogP contribution in [0.5, 0.6) is 0 Å². The van der Waals surface area contributed by atoms with Gasteiger partial charge in [0.15, 0.2) is 0 Å². The number of rotatable bonds is 4. The standard InChI is InChI=1S/C13H18N2O4S/c1-10-12(15(16)17)8-5-9-13(10)20(18,19)14-11-6-3-2-4-7-11/h5,8-9,11,14H,2-4,6-7H2,1H3. The summed E-state index contributed by atoms with van der Waals surface area (Å²) in [5.74, 6) is 0. The van der Waals surface area contributed by atoms with Crippen molar-refractivity contribution in [2.75, 3.05) is 0 Å². The van der Waals surface area contributed by atoms with Crippen LogP contribution in [0.15, 0.2) is 23.1 Å². The first-order valence-electron chi connectivity index (χ1n) is 6.68. The first-order chi connectivity index (χ1) is 9.42. The Morgan fingerprint density at radius 2 is 1.90 bits per heavy atom. The van der Waals surface area contributed by atoms with Gasteiger partial charge in [0.2, 0.25) is 10.0 Å². The molecule has 0 aliphatic heterocycles. The molecule has 0 aromatic heterocycles. The van der Waals surface area contributed by atoms with Gasteiger partial charge in [0, 0.05) is 17.7 Å². The zero-order valence-corrected chi connectivity index (χ0v) is 12.1. The fourth-order valence-corrected chi connectivity index (χ4v) is 4.16. The van der Waals surface area contributed by atoms with Gasteiger partial charge >= 0.3 is 0 Å². The molecule has 110 valence electrons. The number of nitrogens with zero attached hydrogens (tertiary/aromatic N) is 1. The summed E-state index contributed by atoms with van der Waals surface area (Å²) in [4.78, 5) is 10.3. The zero-order valence-electron chi connectivity index (χ0n) is 11.3. The lowest BCUT2D eigenvalue weighted by molar-refractivity contribution is -0.385. The van der Waals surface area contributed by atoms with E-state index < -0.39 is 14.9 Å². The number of hydrogen-bond acceptors (Lipinski definition) is 4. The minimum absolute atomic E-state index is 0.00252. The average Bonchev–Trinajstić information content (AvgIpc) is 2.39. The second-order valence-electron chi connectivity index (χ2n) is 5.11. The number of nitro groups is 1. The highest BCUT2D eigenvalue weighted by Crippen LogP contribution is 2.26. The van der Waals surface area contributed by atoms with Crippen LogP contribution in [0.4, 0.5) is 5.69 Å². The van der Waals surface area contributed by atoms with Crippen LogP contribution < -0.4 is 4.72 Å². The molecule has 1 aliphatic carbocycles. The Morgan fingerprint density at radius 3 is 2.50 bits per heavy atom. The summed E-state index contributed by atoms with van der Waals surface area (Å²) in [5.41, 5.74) is 0.0114. The maximum absolute atomic E-state index is 12.4. The van der Waals surface area contributed by atoms with Crippen molar-refractivity contribution < 1.29 is 13.3 Å². The molecule has 1 aromatic carbocycles. The quantitative estimate of drug-likeness (QED) is 0.683. The summed E-state index contributed by atoms with van der Waals surface area (Å²) in [6.45, 7) is 1.47. The van der Waals surface area contributed by atoms with Gasteiger partial charge in [0.05, 0.1) is 9.82 Å². The van der Waals surface area contributed by atoms with E-state index in [2.05, 4.69) is 4.72 Å². The molecule has 0 heterocycles. The van der Waals surface area contributed by atoms with Gasteiger partial charge in [0.1, 0.15) is 0 Å². The largest absolute Gasteiger partial charge is 0.273 e. The topological polar surface area (TPSA) is 89.3 Å². The van der Waals surface area contributed by atoms with E-state index >= 15 is 0 Å². The van der Waals surface area contributed by atoms with Gasteiger partial charge in [-0.2, -0.15) is 0 Å². The lowest BCUT2D eigenvalue weighted by atomic mass is 9.96. The summed E-state index contributed by atoms with van der Waals surface area (Å²) in [5, 5.41) is 10.9. The van der Waals surface area contributed by atoms with E-state index in [4.69, 9.17) is 0 Å². The van der Waals surface area contributed by atoms with Crippen molar-refractivity contribution in [1.29, 1.82) is 0 Å². The van der Waals surface area contributed by atoms with Gasteiger partial charge in [-0.3, -0.25) is 10.1 Å². The third kappa shape index (κ3) is 3.16. The molecule has 0 radical (unpaired) electrons. The Morgan fingerprint density at radius 1 is 1.25 bits per heavy atom. The highest BCUT2D eigenvalue weighted by atomic mass is 32.2. The van der Waals surface area contributed by atoms with Gasteiger partial charge in [-0.05, 0) is 25.8 Å². The summed E-state index contributed by atoms with van der Waals surface area (Å²) in [7, 11) is -3.70. The Balaban J connectivity index is 2.29. The summed E-state index contributed by atoms with van der Waals surface area (Å²) >= 11 is 0. The van der Waals surface area contributed by atoms with Crippen molar-refractivity contribution in [3.63, 3.8) is 0 Å². The molecule has 1 aliphatic rings. The Labute approximate surface area is 118 Å². The monoisotopic (exact) mass is 298 g/mol. The fraction of sp³-hybridized carbons (Fsp3) is 0.538. The predicted molar refractivity (Wildman–Crippen MR) is 75.0 cm³/mol. The third-order valence-corrected chi connectivity index (χ3v) is 5.33. The van der Waals surface area contributed by atoms with E-state index in [1.165, 1.54) is 25.1 Å². The van der Waals surface area contributed by atoms with Crippen molar-refractivity contribution in [3.8, 4) is 0 Å². The SMILES string of the molecule is Cc1c([N+](=O)[O-])cccc1S(=O)(=O)NC1CCCCC1. The molecule has 7 heteroatoms. The van der Waals surface area contributed by atoms with Crippen LogP contribution in [0.25, 0.3) is 0 Å². The molecular weight excluding hydrogens is 280 g/mol. The average molecular weight is 298 g/mol. The van der Waals surface area contributed by atoms with E-state index in [0.717, 1.165) is 32.1 Å². The smallest absolute Gasteiger partial charge is 0.258 e. The van der Waals surface area contributed by atoms with Crippen molar-refractivity contribution >= 4 is 15.7 Å². The molecule has 0 amide bonds. The number of nitro benzene ring substituents is 1. The van der Waals surface area contributed by atoms with Crippen molar-refractivity contribution in [1.82, 2.24) is 4.72 Å². The predicted octanol–water partition coefficient (Wildman–Crippen LogP) is 2.51. The number of nitrogens with one attached hydrogen (secondary N) is 1. The van der Waals surface area contributed by atoms with Crippen LogP contribution in [-0.4, -0.2) is 19.4 Å². The molecule has 1 fully saturated rings. The summed E-state index contributed by atoms with van der Waals surface area (Å²) in [6.07, 6.45) is 4.82. The van der Waals surface area contributed by atoms with Crippen LogP contribution in [-0.2, 0) is 10.0 Å². The van der Waals surface area contributed by atoms with Gasteiger partial charge in [-0.25, -0.2) is 13.1 Å². The van der Waals surface area contributed by atoms with E-state index in [1.807, 2.05) is 0 Å². The molecule has 0 saturated heterocycles. The zero-order chi connectivity index (χ0) is 14.8. The molecule has 20 heavy (non-hydrogen) atoms. The molecule has 0 atom stereocenters. The fourth-order valence-electron chi connectivity index (χ4n) is 2.60. The molecule has 0 unspecified atom stereocenters. The van der Waals surface area contributed by atoms with E-state index in [-0.39, 0.29) is 22.2 Å². The van der Waals surface area contributed by atoms with Crippen LogP contribution in [0.2, 0.25) is 0 Å². The molecule has 1 saturated carbocycles. The molecule has 2 rings (SSSR count). The maximum Gasteiger partial charge on any atom is 0.273 e. The van der Waals surface area contributed by atoms with Crippen LogP contribution in [0.3, 0.4) is 0 Å². The van der Waals surface area contributed by atoms with Gasteiger partial charge in [-0.15, -0.1) is 0 Å². The molecular formula is C13H18N2O4S.